The van der Waals surface area contributed by atoms with Crippen LogP contribution in [0, 0.1) is 0 Å². The number of imide groups is 1. The van der Waals surface area contributed by atoms with Gasteiger partial charge in [0, 0.05) is 18.0 Å². The maximum absolute atomic E-state index is 12.3. The lowest BCUT2D eigenvalue weighted by molar-refractivity contribution is -0.126. The molecule has 2 aliphatic heterocycles. The second kappa shape index (κ2) is 5.88. The molecule has 1 fully saturated rings. The van der Waals surface area contributed by atoms with E-state index in [0.29, 0.717) is 24.5 Å². The van der Waals surface area contributed by atoms with Crippen LogP contribution in [0.2, 0.25) is 0 Å². The third kappa shape index (κ3) is 2.87. The first-order valence-corrected chi connectivity index (χ1v) is 7.75. The van der Waals surface area contributed by atoms with Crippen LogP contribution >= 0.6 is 11.8 Å². The van der Waals surface area contributed by atoms with E-state index in [-0.39, 0.29) is 24.5 Å². The molecular formula is C14H15N3O4S. The van der Waals surface area contributed by atoms with Crippen LogP contribution in [0.3, 0.4) is 0 Å². The van der Waals surface area contributed by atoms with Crippen molar-refractivity contribution in [2.45, 2.75) is 17.1 Å². The number of anilines is 1. The van der Waals surface area contributed by atoms with E-state index in [1.807, 2.05) is 6.07 Å². The van der Waals surface area contributed by atoms with Crippen LogP contribution in [0.15, 0.2) is 23.1 Å². The minimum Gasteiger partial charge on any atom is -0.482 e. The molecule has 0 aromatic heterocycles. The molecule has 4 amide bonds. The van der Waals surface area contributed by atoms with Crippen molar-refractivity contribution < 1.29 is 19.1 Å². The van der Waals surface area contributed by atoms with Crippen LogP contribution in [0.5, 0.6) is 5.75 Å². The summed E-state index contributed by atoms with van der Waals surface area (Å²) in [6.45, 7) is 2.66. The van der Waals surface area contributed by atoms with Gasteiger partial charge in [-0.2, -0.15) is 0 Å². The van der Waals surface area contributed by atoms with Crippen molar-refractivity contribution in [3.8, 4) is 5.75 Å². The molecule has 1 aromatic rings. The zero-order chi connectivity index (χ0) is 15.7. The highest BCUT2D eigenvalue weighted by Gasteiger charge is 2.30. The molecular weight excluding hydrogens is 306 g/mol. The predicted molar refractivity (Wildman–Crippen MR) is 81.0 cm³/mol. The smallest absolute Gasteiger partial charge is 0.324 e. The quantitative estimate of drug-likeness (QED) is 0.813. The normalized spacial score (nSPS) is 18.1. The molecule has 3 rings (SSSR count). The van der Waals surface area contributed by atoms with Crippen LogP contribution in [0.4, 0.5) is 10.5 Å². The Morgan fingerprint density at radius 2 is 2.23 bits per heavy atom. The Balaban J connectivity index is 1.70. The summed E-state index contributed by atoms with van der Waals surface area (Å²) in [7, 11) is 0. The Bertz CT molecular complexity index is 649. The van der Waals surface area contributed by atoms with Crippen molar-refractivity contribution in [1.82, 2.24) is 10.2 Å². The van der Waals surface area contributed by atoms with Gasteiger partial charge in [0.15, 0.2) is 6.61 Å². The number of carbonyl (C=O) groups excluding carboxylic acids is 3. The number of fused-ring (bicyclic) bond motifs is 1. The maximum Gasteiger partial charge on any atom is 0.324 e. The molecule has 0 aliphatic carbocycles. The number of rotatable bonds is 3. The summed E-state index contributed by atoms with van der Waals surface area (Å²) < 4.78 is 5.29. The van der Waals surface area contributed by atoms with Gasteiger partial charge in [-0.25, -0.2) is 4.79 Å². The van der Waals surface area contributed by atoms with E-state index in [4.69, 9.17) is 4.74 Å². The lowest BCUT2D eigenvalue weighted by Crippen LogP contribution is -2.38. The predicted octanol–water partition coefficient (Wildman–Crippen LogP) is 1.05. The highest BCUT2D eigenvalue weighted by Crippen LogP contribution is 2.34. The molecule has 1 atom stereocenters. The van der Waals surface area contributed by atoms with Crippen molar-refractivity contribution in [3.63, 3.8) is 0 Å². The molecule has 2 N–H and O–H groups in total. The Morgan fingerprint density at radius 1 is 1.41 bits per heavy atom. The van der Waals surface area contributed by atoms with Gasteiger partial charge in [-0.05, 0) is 25.1 Å². The fourth-order valence-corrected chi connectivity index (χ4v) is 3.26. The summed E-state index contributed by atoms with van der Waals surface area (Å²) in [5.41, 5.74) is 0.597. The molecule has 0 radical (unpaired) electrons. The number of hydrogen-bond acceptors (Lipinski definition) is 5. The lowest BCUT2D eigenvalue weighted by Gasteiger charge is -2.20. The van der Waals surface area contributed by atoms with E-state index in [2.05, 4.69) is 10.6 Å². The van der Waals surface area contributed by atoms with E-state index < -0.39 is 5.25 Å². The summed E-state index contributed by atoms with van der Waals surface area (Å²) >= 11 is 1.34. The van der Waals surface area contributed by atoms with E-state index in [9.17, 15) is 14.4 Å². The largest absolute Gasteiger partial charge is 0.482 e. The summed E-state index contributed by atoms with van der Waals surface area (Å²) in [5, 5.41) is 4.94. The number of benzene rings is 1. The van der Waals surface area contributed by atoms with Gasteiger partial charge >= 0.3 is 6.03 Å². The molecule has 1 saturated heterocycles. The Morgan fingerprint density at radius 3 is 2.95 bits per heavy atom. The fourth-order valence-electron chi connectivity index (χ4n) is 2.29. The number of ether oxygens (including phenoxy) is 1. The standard InChI is InChI=1S/C14H15N3O4S/c1-8(13(19)17-5-4-15-14(17)20)22-9-2-3-11-10(6-9)16-12(18)7-21-11/h2-3,6,8H,4-5,7H2,1H3,(H,15,20)(H,16,18). The van der Waals surface area contributed by atoms with Crippen molar-refractivity contribution >= 4 is 35.3 Å². The second-order valence-electron chi connectivity index (χ2n) is 4.98. The molecule has 0 saturated carbocycles. The Kier molecular flexibility index (Phi) is 3.93. The average molecular weight is 321 g/mol. The van der Waals surface area contributed by atoms with Gasteiger partial charge in [-0.3, -0.25) is 14.5 Å². The van der Waals surface area contributed by atoms with Crippen molar-refractivity contribution in [2.24, 2.45) is 0 Å². The van der Waals surface area contributed by atoms with Gasteiger partial charge in [0.25, 0.3) is 5.91 Å². The van der Waals surface area contributed by atoms with E-state index in [1.54, 1.807) is 19.1 Å². The number of carbonyl (C=O) groups is 3. The Hall–Kier alpha value is -2.22. The molecule has 2 aliphatic rings. The van der Waals surface area contributed by atoms with E-state index in [1.165, 1.54) is 16.7 Å². The number of amides is 4. The van der Waals surface area contributed by atoms with E-state index in [0.717, 1.165) is 4.90 Å². The van der Waals surface area contributed by atoms with Gasteiger partial charge in [0.1, 0.15) is 5.75 Å². The molecule has 0 bridgehead atoms. The third-order valence-corrected chi connectivity index (χ3v) is 4.45. The molecule has 8 heteroatoms. The SMILES string of the molecule is CC(Sc1ccc2c(c1)NC(=O)CO2)C(=O)N1CCNC1=O. The first kappa shape index (κ1) is 14.7. The topological polar surface area (TPSA) is 87.7 Å². The van der Waals surface area contributed by atoms with E-state index >= 15 is 0 Å². The number of nitrogens with zero attached hydrogens (tertiary/aromatic N) is 1. The monoisotopic (exact) mass is 321 g/mol. The highest BCUT2D eigenvalue weighted by atomic mass is 32.2. The fraction of sp³-hybridized carbons (Fsp3) is 0.357. The molecule has 2 heterocycles. The molecule has 22 heavy (non-hydrogen) atoms. The number of urea groups is 1. The summed E-state index contributed by atoms with van der Waals surface area (Å²) in [6, 6.07) is 5.01. The molecule has 0 spiro atoms. The van der Waals surface area contributed by atoms with Gasteiger partial charge in [-0.1, -0.05) is 0 Å². The van der Waals surface area contributed by atoms with Gasteiger partial charge in [0.05, 0.1) is 10.9 Å². The third-order valence-electron chi connectivity index (χ3n) is 3.37. The van der Waals surface area contributed by atoms with Gasteiger partial charge in [0.2, 0.25) is 5.91 Å². The van der Waals surface area contributed by atoms with Crippen LogP contribution < -0.4 is 15.4 Å². The van der Waals surface area contributed by atoms with Crippen molar-refractivity contribution in [2.75, 3.05) is 25.0 Å². The summed E-state index contributed by atoms with van der Waals surface area (Å²) in [5.74, 6) is 0.187. The van der Waals surface area contributed by atoms with Crippen LogP contribution in [0.25, 0.3) is 0 Å². The van der Waals surface area contributed by atoms with Crippen molar-refractivity contribution in [3.05, 3.63) is 18.2 Å². The molecule has 1 aromatic carbocycles. The van der Waals surface area contributed by atoms with Crippen molar-refractivity contribution in [1.29, 1.82) is 0 Å². The minimum atomic E-state index is -0.401. The lowest BCUT2D eigenvalue weighted by atomic mass is 10.2. The van der Waals surface area contributed by atoms with Crippen LogP contribution in [-0.2, 0) is 9.59 Å². The summed E-state index contributed by atoms with van der Waals surface area (Å²) in [4.78, 5) is 37.1. The second-order valence-corrected chi connectivity index (χ2v) is 6.39. The first-order valence-electron chi connectivity index (χ1n) is 6.87. The zero-order valence-corrected chi connectivity index (χ0v) is 12.7. The molecule has 7 nitrogen and oxygen atoms in total. The van der Waals surface area contributed by atoms with Crippen LogP contribution in [-0.4, -0.2) is 47.7 Å². The minimum absolute atomic E-state index is 0.0124. The average Bonchev–Trinajstić information content (AvgIpc) is 2.92. The highest BCUT2D eigenvalue weighted by molar-refractivity contribution is 8.00. The zero-order valence-electron chi connectivity index (χ0n) is 11.9. The number of thioether (sulfide) groups is 1. The maximum atomic E-state index is 12.3. The number of nitrogens with one attached hydrogen (secondary N) is 2. The number of hydrogen-bond donors (Lipinski definition) is 2. The van der Waals surface area contributed by atoms with Gasteiger partial charge < -0.3 is 15.4 Å². The Labute approximate surface area is 131 Å². The summed E-state index contributed by atoms with van der Waals surface area (Å²) in [6.07, 6.45) is 0. The van der Waals surface area contributed by atoms with Crippen LogP contribution in [0.1, 0.15) is 6.92 Å². The molecule has 1 unspecified atom stereocenters. The first-order chi connectivity index (χ1) is 10.5. The molecule has 116 valence electrons. The van der Waals surface area contributed by atoms with Gasteiger partial charge in [-0.15, -0.1) is 11.8 Å².